The molecule has 1 aliphatic carbocycles. The van der Waals surface area contributed by atoms with Crippen LogP contribution >= 0.6 is 0 Å². The molecular formula is C16H28N2O. The predicted molar refractivity (Wildman–Crippen MR) is 79.2 cm³/mol. The molecule has 1 fully saturated rings. The molecule has 0 unspecified atom stereocenters. The van der Waals surface area contributed by atoms with Crippen LogP contribution in [0.4, 0.5) is 0 Å². The van der Waals surface area contributed by atoms with E-state index in [0.29, 0.717) is 0 Å². The van der Waals surface area contributed by atoms with Gasteiger partial charge in [-0.1, -0.05) is 19.8 Å². The van der Waals surface area contributed by atoms with Gasteiger partial charge in [0.25, 0.3) is 0 Å². The van der Waals surface area contributed by atoms with E-state index in [2.05, 4.69) is 23.2 Å². The first-order valence-electron chi connectivity index (χ1n) is 7.87. The van der Waals surface area contributed by atoms with Crippen LogP contribution in [0, 0.1) is 0 Å². The van der Waals surface area contributed by atoms with E-state index in [9.17, 15) is 0 Å². The van der Waals surface area contributed by atoms with Crippen LogP contribution in [0.25, 0.3) is 0 Å². The molecule has 1 aliphatic rings. The number of nitrogens with one attached hydrogen (secondary N) is 1. The van der Waals surface area contributed by atoms with Gasteiger partial charge in [0.1, 0.15) is 5.76 Å². The zero-order valence-electron chi connectivity index (χ0n) is 12.2. The van der Waals surface area contributed by atoms with Gasteiger partial charge in [-0.2, -0.15) is 0 Å². The zero-order valence-corrected chi connectivity index (χ0v) is 12.2. The Morgan fingerprint density at radius 2 is 2.11 bits per heavy atom. The molecule has 0 aromatic carbocycles. The second-order valence-electron chi connectivity index (χ2n) is 5.55. The van der Waals surface area contributed by atoms with Crippen molar-refractivity contribution in [3.63, 3.8) is 0 Å². The molecule has 0 aliphatic heterocycles. The summed E-state index contributed by atoms with van der Waals surface area (Å²) < 4.78 is 5.46. The Balaban J connectivity index is 1.56. The Hall–Kier alpha value is -0.800. The first-order chi connectivity index (χ1) is 9.40. The number of rotatable bonds is 11. The molecule has 1 N–H and O–H groups in total. The monoisotopic (exact) mass is 264 g/mol. The molecule has 1 aromatic rings. The van der Waals surface area contributed by atoms with Gasteiger partial charge < -0.3 is 9.73 Å². The lowest BCUT2D eigenvalue weighted by Crippen LogP contribution is -2.26. The topological polar surface area (TPSA) is 28.4 Å². The van der Waals surface area contributed by atoms with Gasteiger partial charge in [-0.25, -0.2) is 0 Å². The Labute approximate surface area is 117 Å². The average Bonchev–Trinajstić information content (AvgIpc) is 3.14. The molecule has 1 aromatic heterocycles. The van der Waals surface area contributed by atoms with E-state index in [4.69, 9.17) is 4.42 Å². The van der Waals surface area contributed by atoms with Crippen LogP contribution < -0.4 is 5.32 Å². The fraction of sp³-hybridized carbons (Fsp3) is 0.750. The second-order valence-corrected chi connectivity index (χ2v) is 5.55. The standard InChI is InChI=1S/C16H28N2O/c1-2-17-11-5-3-4-6-12-18(15-9-10-15)14-16-8-7-13-19-16/h7-8,13,15,17H,2-6,9-12,14H2,1H3. The van der Waals surface area contributed by atoms with E-state index in [0.717, 1.165) is 24.9 Å². The van der Waals surface area contributed by atoms with Crippen LogP contribution in [-0.4, -0.2) is 30.6 Å². The largest absolute Gasteiger partial charge is 0.468 e. The van der Waals surface area contributed by atoms with E-state index in [1.807, 2.05) is 6.07 Å². The molecule has 108 valence electrons. The van der Waals surface area contributed by atoms with Crippen molar-refractivity contribution in [3.8, 4) is 0 Å². The summed E-state index contributed by atoms with van der Waals surface area (Å²) in [5, 5.41) is 3.38. The second kappa shape index (κ2) is 8.39. The quantitative estimate of drug-likeness (QED) is 0.621. The molecule has 2 rings (SSSR count). The summed E-state index contributed by atoms with van der Waals surface area (Å²) in [6, 6.07) is 4.90. The highest BCUT2D eigenvalue weighted by molar-refractivity contribution is 4.99. The molecule has 1 heterocycles. The highest BCUT2D eigenvalue weighted by atomic mass is 16.3. The summed E-state index contributed by atoms with van der Waals surface area (Å²) in [5.41, 5.74) is 0. The van der Waals surface area contributed by atoms with Crippen molar-refractivity contribution in [1.29, 1.82) is 0 Å². The van der Waals surface area contributed by atoms with Crippen molar-refractivity contribution < 1.29 is 4.42 Å². The lowest BCUT2D eigenvalue weighted by molar-refractivity contribution is 0.228. The van der Waals surface area contributed by atoms with Crippen molar-refractivity contribution in [3.05, 3.63) is 24.2 Å². The van der Waals surface area contributed by atoms with Gasteiger partial charge in [0, 0.05) is 6.04 Å². The third kappa shape index (κ3) is 5.79. The molecule has 0 amide bonds. The molecule has 0 atom stereocenters. The molecule has 19 heavy (non-hydrogen) atoms. The average molecular weight is 264 g/mol. The predicted octanol–water partition coefficient (Wildman–Crippen LogP) is 3.41. The maximum atomic E-state index is 5.46. The van der Waals surface area contributed by atoms with Crippen LogP contribution in [0.2, 0.25) is 0 Å². The lowest BCUT2D eigenvalue weighted by atomic mass is 10.2. The number of unbranched alkanes of at least 4 members (excludes halogenated alkanes) is 3. The molecule has 0 bridgehead atoms. The normalized spacial score (nSPS) is 15.3. The van der Waals surface area contributed by atoms with Gasteiger partial charge in [0.05, 0.1) is 12.8 Å². The fourth-order valence-corrected chi connectivity index (χ4v) is 2.53. The maximum Gasteiger partial charge on any atom is 0.117 e. The number of nitrogens with zero attached hydrogens (tertiary/aromatic N) is 1. The van der Waals surface area contributed by atoms with Gasteiger partial charge in [0.2, 0.25) is 0 Å². The summed E-state index contributed by atoms with van der Waals surface area (Å²) in [6.45, 7) is 6.66. The van der Waals surface area contributed by atoms with Crippen molar-refractivity contribution >= 4 is 0 Å². The first kappa shape index (κ1) is 14.6. The van der Waals surface area contributed by atoms with E-state index < -0.39 is 0 Å². The van der Waals surface area contributed by atoms with Crippen molar-refractivity contribution in [1.82, 2.24) is 10.2 Å². The summed E-state index contributed by atoms with van der Waals surface area (Å²) >= 11 is 0. The van der Waals surface area contributed by atoms with E-state index in [1.54, 1.807) is 6.26 Å². The number of furan rings is 1. The Morgan fingerprint density at radius 1 is 1.26 bits per heavy atom. The van der Waals surface area contributed by atoms with Gasteiger partial charge >= 0.3 is 0 Å². The van der Waals surface area contributed by atoms with Crippen molar-refractivity contribution in [2.45, 2.75) is 58.0 Å². The Bertz CT molecular complexity index is 319. The summed E-state index contributed by atoms with van der Waals surface area (Å²) in [4.78, 5) is 2.60. The van der Waals surface area contributed by atoms with Crippen LogP contribution in [0.3, 0.4) is 0 Å². The van der Waals surface area contributed by atoms with Gasteiger partial charge in [-0.05, 0) is 57.5 Å². The minimum atomic E-state index is 0.826. The molecule has 0 spiro atoms. The Morgan fingerprint density at radius 3 is 2.79 bits per heavy atom. The summed E-state index contributed by atoms with van der Waals surface area (Å²) in [6.07, 6.45) is 9.88. The zero-order chi connectivity index (χ0) is 13.3. The molecule has 1 saturated carbocycles. The van der Waals surface area contributed by atoms with E-state index >= 15 is 0 Å². The molecular weight excluding hydrogens is 236 g/mol. The Kier molecular flexibility index (Phi) is 6.45. The molecule has 3 heteroatoms. The minimum Gasteiger partial charge on any atom is -0.468 e. The smallest absolute Gasteiger partial charge is 0.117 e. The highest BCUT2D eigenvalue weighted by Gasteiger charge is 2.28. The first-order valence-corrected chi connectivity index (χ1v) is 7.87. The number of hydrogen-bond donors (Lipinski definition) is 1. The van der Waals surface area contributed by atoms with Gasteiger partial charge in [0.15, 0.2) is 0 Å². The fourth-order valence-electron chi connectivity index (χ4n) is 2.53. The van der Waals surface area contributed by atoms with Crippen LogP contribution in [0.1, 0.15) is 51.2 Å². The maximum absolute atomic E-state index is 5.46. The summed E-state index contributed by atoms with van der Waals surface area (Å²) in [7, 11) is 0. The van der Waals surface area contributed by atoms with Gasteiger partial charge in [-0.15, -0.1) is 0 Å². The molecule has 3 nitrogen and oxygen atoms in total. The van der Waals surface area contributed by atoms with Crippen LogP contribution in [0.15, 0.2) is 22.8 Å². The highest BCUT2D eigenvalue weighted by Crippen LogP contribution is 2.28. The third-order valence-electron chi connectivity index (χ3n) is 3.80. The molecule has 0 saturated heterocycles. The van der Waals surface area contributed by atoms with Crippen LogP contribution in [0.5, 0.6) is 0 Å². The summed E-state index contributed by atoms with van der Waals surface area (Å²) in [5.74, 6) is 1.11. The van der Waals surface area contributed by atoms with Crippen molar-refractivity contribution in [2.75, 3.05) is 19.6 Å². The SMILES string of the molecule is CCNCCCCCCN(Cc1ccco1)C1CC1. The van der Waals surface area contributed by atoms with E-state index in [1.165, 1.54) is 51.6 Å². The van der Waals surface area contributed by atoms with E-state index in [-0.39, 0.29) is 0 Å². The van der Waals surface area contributed by atoms with Gasteiger partial charge in [-0.3, -0.25) is 4.90 Å². The minimum absolute atomic E-state index is 0.826. The van der Waals surface area contributed by atoms with Crippen LogP contribution in [-0.2, 0) is 6.54 Å². The lowest BCUT2D eigenvalue weighted by Gasteiger charge is -2.20. The molecule has 0 radical (unpaired) electrons. The number of hydrogen-bond acceptors (Lipinski definition) is 3. The van der Waals surface area contributed by atoms with Crippen molar-refractivity contribution in [2.24, 2.45) is 0 Å². The third-order valence-corrected chi connectivity index (χ3v) is 3.80.